The first-order valence-corrected chi connectivity index (χ1v) is 9.84. The van der Waals surface area contributed by atoms with Crippen molar-refractivity contribution in [2.45, 2.75) is 62.5 Å². The number of imide groups is 1. The zero-order chi connectivity index (χ0) is 19.8. The van der Waals surface area contributed by atoms with Crippen LogP contribution in [0.25, 0.3) is 10.9 Å². The van der Waals surface area contributed by atoms with E-state index in [0.29, 0.717) is 16.1 Å². The molecule has 3 amide bonds. The van der Waals surface area contributed by atoms with Crippen molar-refractivity contribution in [3.05, 3.63) is 34.6 Å². The van der Waals surface area contributed by atoms with Crippen LogP contribution in [0.15, 0.2) is 34.2 Å². The van der Waals surface area contributed by atoms with E-state index >= 15 is 0 Å². The van der Waals surface area contributed by atoms with Crippen molar-refractivity contribution in [1.82, 2.24) is 20.2 Å². The third kappa shape index (κ3) is 4.68. The molecule has 1 atom stereocenters. The number of rotatable bonds is 4. The Labute approximate surface area is 161 Å². The zero-order valence-corrected chi connectivity index (χ0v) is 16.7. The Balaban J connectivity index is 1.81. The number of urea groups is 1. The van der Waals surface area contributed by atoms with E-state index in [1.165, 1.54) is 11.8 Å². The maximum absolute atomic E-state index is 12.9. The molecular weight excluding hydrogens is 364 g/mol. The van der Waals surface area contributed by atoms with Crippen molar-refractivity contribution < 1.29 is 9.59 Å². The first-order chi connectivity index (χ1) is 12.7. The van der Waals surface area contributed by atoms with Crippen LogP contribution in [0.5, 0.6) is 0 Å². The number of amides is 3. The predicted molar refractivity (Wildman–Crippen MR) is 106 cm³/mol. The lowest BCUT2D eigenvalue weighted by molar-refractivity contribution is -0.119. The van der Waals surface area contributed by atoms with Gasteiger partial charge < -0.3 is 5.32 Å². The molecule has 27 heavy (non-hydrogen) atoms. The number of carbonyl (C=O) groups is 2. The number of aromatic nitrogens is 2. The van der Waals surface area contributed by atoms with E-state index in [1.807, 2.05) is 32.9 Å². The van der Waals surface area contributed by atoms with Crippen LogP contribution in [0, 0.1) is 0 Å². The monoisotopic (exact) mass is 388 g/mol. The van der Waals surface area contributed by atoms with Crippen molar-refractivity contribution in [2.75, 3.05) is 0 Å². The van der Waals surface area contributed by atoms with Gasteiger partial charge in [-0.25, -0.2) is 9.78 Å². The van der Waals surface area contributed by atoms with Gasteiger partial charge in [-0.05, 0) is 52.7 Å². The van der Waals surface area contributed by atoms with Crippen molar-refractivity contribution in [2.24, 2.45) is 0 Å². The molecule has 0 unspecified atom stereocenters. The molecule has 1 saturated carbocycles. The summed E-state index contributed by atoms with van der Waals surface area (Å²) in [5.74, 6) is -0.425. The van der Waals surface area contributed by atoms with Gasteiger partial charge in [0, 0.05) is 11.6 Å². The standard InChI is InChI=1S/C19H24N4O3S/c1-11(15(24)21-17(26)22-19(2,3)4)27-18-20-14-8-6-5-7-13(14)16(25)23(18)12-9-10-12/h5-8,11-12H,9-10H2,1-4H3,(H2,21,22,24,26)/t11-/m1/s1. The van der Waals surface area contributed by atoms with Gasteiger partial charge in [0.05, 0.1) is 16.2 Å². The second-order valence-corrected chi connectivity index (χ2v) is 9.08. The minimum Gasteiger partial charge on any atom is -0.333 e. The highest BCUT2D eigenvalue weighted by Crippen LogP contribution is 2.37. The molecular formula is C19H24N4O3S. The Morgan fingerprint density at radius 3 is 2.56 bits per heavy atom. The normalized spacial score (nSPS) is 15.4. The molecule has 0 aliphatic heterocycles. The molecule has 3 rings (SSSR count). The molecule has 1 aliphatic rings. The highest BCUT2D eigenvalue weighted by Gasteiger charge is 2.30. The quantitative estimate of drug-likeness (QED) is 0.621. The molecule has 1 aromatic carbocycles. The maximum atomic E-state index is 12.9. The van der Waals surface area contributed by atoms with Crippen LogP contribution in [0.3, 0.4) is 0 Å². The van der Waals surface area contributed by atoms with Crippen LogP contribution >= 0.6 is 11.8 Å². The van der Waals surface area contributed by atoms with Gasteiger partial charge >= 0.3 is 6.03 Å². The molecule has 1 aliphatic carbocycles. The van der Waals surface area contributed by atoms with Gasteiger partial charge in [0.2, 0.25) is 5.91 Å². The number of nitrogens with zero attached hydrogens (tertiary/aromatic N) is 2. The predicted octanol–water partition coefficient (Wildman–Crippen LogP) is 2.84. The smallest absolute Gasteiger partial charge is 0.321 e. The molecule has 0 radical (unpaired) electrons. The molecule has 1 fully saturated rings. The van der Waals surface area contributed by atoms with Gasteiger partial charge in [-0.1, -0.05) is 23.9 Å². The summed E-state index contributed by atoms with van der Waals surface area (Å²) >= 11 is 1.20. The number of hydrogen-bond acceptors (Lipinski definition) is 5. The lowest BCUT2D eigenvalue weighted by Crippen LogP contribution is -2.49. The Morgan fingerprint density at radius 2 is 1.93 bits per heavy atom. The molecule has 0 spiro atoms. The second kappa shape index (κ2) is 7.34. The van der Waals surface area contributed by atoms with E-state index in [4.69, 9.17) is 0 Å². The number of benzene rings is 1. The van der Waals surface area contributed by atoms with Crippen molar-refractivity contribution in [3.8, 4) is 0 Å². The third-order valence-electron chi connectivity index (χ3n) is 4.06. The van der Waals surface area contributed by atoms with Gasteiger partial charge in [-0.2, -0.15) is 0 Å². The maximum Gasteiger partial charge on any atom is 0.321 e. The van der Waals surface area contributed by atoms with Crippen LogP contribution in [0.1, 0.15) is 46.6 Å². The average Bonchev–Trinajstić information content (AvgIpc) is 3.38. The van der Waals surface area contributed by atoms with E-state index in [-0.39, 0.29) is 11.6 Å². The van der Waals surface area contributed by atoms with Crippen LogP contribution in [0.2, 0.25) is 0 Å². The van der Waals surface area contributed by atoms with Gasteiger partial charge in [0.1, 0.15) is 0 Å². The molecule has 8 heteroatoms. The van der Waals surface area contributed by atoms with E-state index in [2.05, 4.69) is 15.6 Å². The molecule has 144 valence electrons. The Bertz CT molecular complexity index is 944. The molecule has 7 nitrogen and oxygen atoms in total. The number of carbonyl (C=O) groups excluding carboxylic acids is 2. The first kappa shape index (κ1) is 19.4. The summed E-state index contributed by atoms with van der Waals surface area (Å²) in [6, 6.07) is 6.81. The van der Waals surface area contributed by atoms with Crippen LogP contribution in [0.4, 0.5) is 4.79 Å². The summed E-state index contributed by atoms with van der Waals surface area (Å²) in [4.78, 5) is 41.8. The van der Waals surface area contributed by atoms with E-state index < -0.39 is 22.7 Å². The van der Waals surface area contributed by atoms with Crippen molar-refractivity contribution >= 4 is 34.6 Å². The summed E-state index contributed by atoms with van der Waals surface area (Å²) in [5.41, 5.74) is 0.0938. The fourth-order valence-corrected chi connectivity index (χ4v) is 3.64. The largest absolute Gasteiger partial charge is 0.333 e. The third-order valence-corrected chi connectivity index (χ3v) is 5.13. The molecule has 0 bridgehead atoms. The fraction of sp³-hybridized carbons (Fsp3) is 0.474. The highest BCUT2D eigenvalue weighted by atomic mass is 32.2. The van der Waals surface area contributed by atoms with Crippen LogP contribution in [-0.4, -0.2) is 32.3 Å². The Hall–Kier alpha value is -2.35. The summed E-state index contributed by atoms with van der Waals surface area (Å²) in [6.45, 7) is 7.21. The minimum absolute atomic E-state index is 0.0799. The van der Waals surface area contributed by atoms with Gasteiger partial charge in [-0.15, -0.1) is 0 Å². The van der Waals surface area contributed by atoms with Crippen LogP contribution in [-0.2, 0) is 4.79 Å². The molecule has 2 aromatic rings. The summed E-state index contributed by atoms with van der Waals surface area (Å²) in [7, 11) is 0. The average molecular weight is 388 g/mol. The SMILES string of the molecule is C[C@@H](Sc1nc2ccccc2c(=O)n1C1CC1)C(=O)NC(=O)NC(C)(C)C. The molecule has 1 aromatic heterocycles. The van der Waals surface area contributed by atoms with Crippen molar-refractivity contribution in [1.29, 1.82) is 0 Å². The number of thioether (sulfide) groups is 1. The van der Waals surface area contributed by atoms with E-state index in [0.717, 1.165) is 12.8 Å². The van der Waals surface area contributed by atoms with Crippen molar-refractivity contribution in [3.63, 3.8) is 0 Å². The second-order valence-electron chi connectivity index (χ2n) is 7.77. The summed E-state index contributed by atoms with van der Waals surface area (Å²) < 4.78 is 1.69. The summed E-state index contributed by atoms with van der Waals surface area (Å²) in [6.07, 6.45) is 1.87. The van der Waals surface area contributed by atoms with Gasteiger partial charge in [0.25, 0.3) is 5.56 Å². The van der Waals surface area contributed by atoms with Gasteiger partial charge in [-0.3, -0.25) is 19.5 Å². The summed E-state index contributed by atoms with van der Waals surface area (Å²) in [5, 5.41) is 5.56. The fourth-order valence-electron chi connectivity index (χ4n) is 2.66. The number of para-hydroxylation sites is 1. The molecule has 2 N–H and O–H groups in total. The Kier molecular flexibility index (Phi) is 5.28. The first-order valence-electron chi connectivity index (χ1n) is 8.96. The topological polar surface area (TPSA) is 93.1 Å². The lowest BCUT2D eigenvalue weighted by atomic mass is 10.1. The van der Waals surface area contributed by atoms with E-state index in [9.17, 15) is 14.4 Å². The molecule has 0 saturated heterocycles. The van der Waals surface area contributed by atoms with Crippen LogP contribution < -0.4 is 16.2 Å². The molecule has 1 heterocycles. The van der Waals surface area contributed by atoms with E-state index in [1.54, 1.807) is 23.6 Å². The van der Waals surface area contributed by atoms with Gasteiger partial charge in [0.15, 0.2) is 5.16 Å². The lowest BCUT2D eigenvalue weighted by Gasteiger charge is -2.21. The number of nitrogens with one attached hydrogen (secondary N) is 2. The number of hydrogen-bond donors (Lipinski definition) is 2. The minimum atomic E-state index is -0.575. The Morgan fingerprint density at radius 1 is 1.26 bits per heavy atom. The zero-order valence-electron chi connectivity index (χ0n) is 15.9. The highest BCUT2D eigenvalue weighted by molar-refractivity contribution is 8.00. The number of fused-ring (bicyclic) bond motifs is 1.